The summed E-state index contributed by atoms with van der Waals surface area (Å²) in [5, 5.41) is 14.1. The molecule has 0 aliphatic rings. The lowest BCUT2D eigenvalue weighted by Gasteiger charge is -2.09. The number of aliphatic carboxylic acids is 1. The van der Waals surface area contributed by atoms with Gasteiger partial charge in [-0.05, 0) is 29.8 Å². The average Bonchev–Trinajstić information content (AvgIpc) is 3.13. The Morgan fingerprint density at radius 2 is 1.84 bits per heavy atom. The zero-order valence-electron chi connectivity index (χ0n) is 17.1. The van der Waals surface area contributed by atoms with E-state index in [1.807, 2.05) is 66.9 Å². The molecule has 0 atom stereocenters. The van der Waals surface area contributed by atoms with Crippen molar-refractivity contribution in [2.24, 2.45) is 5.16 Å². The Hall–Kier alpha value is -3.77. The Labute approximate surface area is 190 Å². The summed E-state index contributed by atoms with van der Waals surface area (Å²) >= 11 is 6.23. The fourth-order valence-electron chi connectivity index (χ4n) is 3.37. The normalized spacial score (nSPS) is 11.2. The van der Waals surface area contributed by atoms with Crippen LogP contribution in [0.4, 0.5) is 0 Å². The number of benzene rings is 3. The number of carbonyl (C=O) groups is 1. The van der Waals surface area contributed by atoms with Crippen molar-refractivity contribution in [2.45, 2.75) is 13.2 Å². The highest BCUT2D eigenvalue weighted by Crippen LogP contribution is 2.27. The molecular weight excluding hydrogens is 428 g/mol. The van der Waals surface area contributed by atoms with Gasteiger partial charge in [0.15, 0.2) is 0 Å². The van der Waals surface area contributed by atoms with Gasteiger partial charge in [-0.15, -0.1) is 0 Å². The van der Waals surface area contributed by atoms with Crippen LogP contribution in [0.1, 0.15) is 16.7 Å². The van der Waals surface area contributed by atoms with Crippen LogP contribution in [0.3, 0.4) is 0 Å². The number of carboxylic acids is 1. The second-order valence-corrected chi connectivity index (χ2v) is 7.57. The summed E-state index contributed by atoms with van der Waals surface area (Å²) in [6.07, 6.45) is 3.48. The molecule has 162 valence electrons. The van der Waals surface area contributed by atoms with Crippen LogP contribution < -0.4 is 4.74 Å². The molecular formula is C25H21ClN2O4. The van der Waals surface area contributed by atoms with Crippen LogP contribution in [0.25, 0.3) is 10.9 Å². The van der Waals surface area contributed by atoms with Crippen molar-refractivity contribution < 1.29 is 19.5 Å². The number of aromatic nitrogens is 1. The number of hydrogen-bond acceptors (Lipinski definition) is 4. The van der Waals surface area contributed by atoms with Gasteiger partial charge in [0.25, 0.3) is 0 Å². The third-order valence-electron chi connectivity index (χ3n) is 4.89. The van der Waals surface area contributed by atoms with E-state index >= 15 is 0 Å². The molecule has 0 saturated heterocycles. The molecule has 0 bridgehead atoms. The fraction of sp³-hybridized carbons (Fsp3) is 0.120. The lowest BCUT2D eigenvalue weighted by atomic mass is 10.2. The monoisotopic (exact) mass is 448 g/mol. The number of oxime groups is 1. The highest BCUT2D eigenvalue weighted by molar-refractivity contribution is 6.31. The number of halogens is 1. The van der Waals surface area contributed by atoms with Crippen molar-refractivity contribution in [3.05, 3.63) is 101 Å². The van der Waals surface area contributed by atoms with E-state index in [0.29, 0.717) is 23.9 Å². The molecule has 0 aliphatic carbocycles. The summed E-state index contributed by atoms with van der Waals surface area (Å²) in [5.74, 6) is -0.389. The van der Waals surface area contributed by atoms with E-state index < -0.39 is 12.6 Å². The van der Waals surface area contributed by atoms with Gasteiger partial charge in [0.05, 0.1) is 6.21 Å². The largest absolute Gasteiger partial charge is 0.489 e. The summed E-state index contributed by atoms with van der Waals surface area (Å²) < 4.78 is 8.09. The first-order valence-corrected chi connectivity index (χ1v) is 10.4. The molecule has 0 spiro atoms. The first-order chi connectivity index (χ1) is 15.6. The highest BCUT2D eigenvalue weighted by atomic mass is 35.5. The molecule has 1 heterocycles. The van der Waals surface area contributed by atoms with Crippen molar-refractivity contribution in [1.82, 2.24) is 4.57 Å². The molecule has 0 fully saturated rings. The van der Waals surface area contributed by atoms with Gasteiger partial charge in [-0.3, -0.25) is 0 Å². The summed E-state index contributed by atoms with van der Waals surface area (Å²) in [5.41, 5.74) is 3.86. The average molecular weight is 449 g/mol. The van der Waals surface area contributed by atoms with Gasteiger partial charge in [0.1, 0.15) is 12.4 Å². The molecule has 0 saturated carbocycles. The van der Waals surface area contributed by atoms with Crippen LogP contribution in [-0.4, -0.2) is 28.5 Å². The van der Waals surface area contributed by atoms with Gasteiger partial charge in [-0.2, -0.15) is 0 Å². The van der Waals surface area contributed by atoms with Crippen molar-refractivity contribution >= 4 is 34.7 Å². The minimum absolute atomic E-state index is 0.348. The van der Waals surface area contributed by atoms with Crippen LogP contribution in [0.2, 0.25) is 5.02 Å². The first kappa shape index (κ1) is 21.5. The smallest absolute Gasteiger partial charge is 0.344 e. The zero-order valence-corrected chi connectivity index (χ0v) is 17.9. The van der Waals surface area contributed by atoms with Gasteiger partial charge in [0, 0.05) is 39.8 Å². The van der Waals surface area contributed by atoms with Gasteiger partial charge < -0.3 is 19.2 Å². The van der Waals surface area contributed by atoms with E-state index in [1.54, 1.807) is 0 Å². The third kappa shape index (κ3) is 5.28. The second-order valence-electron chi connectivity index (χ2n) is 7.16. The molecule has 3 aromatic carbocycles. The Bertz CT molecular complexity index is 1250. The van der Waals surface area contributed by atoms with Crippen molar-refractivity contribution in [1.29, 1.82) is 0 Å². The SMILES string of the molecule is O=C(O)CON=Cc1cn(Cc2ccccc2)c2ccc(OCc3ccccc3Cl)cc12. The van der Waals surface area contributed by atoms with E-state index in [2.05, 4.69) is 21.9 Å². The highest BCUT2D eigenvalue weighted by Gasteiger charge is 2.10. The Morgan fingerprint density at radius 1 is 1.06 bits per heavy atom. The number of nitrogens with zero attached hydrogens (tertiary/aromatic N) is 2. The summed E-state index contributed by atoms with van der Waals surface area (Å²) in [6, 6.07) is 23.5. The Morgan fingerprint density at radius 3 is 2.62 bits per heavy atom. The number of fused-ring (bicyclic) bond motifs is 1. The van der Waals surface area contributed by atoms with Gasteiger partial charge in [-0.25, -0.2) is 4.79 Å². The van der Waals surface area contributed by atoms with Crippen LogP contribution in [0, 0.1) is 0 Å². The van der Waals surface area contributed by atoms with Gasteiger partial charge in [0.2, 0.25) is 6.61 Å². The molecule has 4 aromatic rings. The quantitative estimate of drug-likeness (QED) is 0.276. The summed E-state index contributed by atoms with van der Waals surface area (Å²) in [7, 11) is 0. The van der Waals surface area contributed by atoms with Crippen LogP contribution in [-0.2, 0) is 22.8 Å². The number of carboxylic acid groups (broad SMARTS) is 1. The van der Waals surface area contributed by atoms with Gasteiger partial charge in [-0.1, -0.05) is 65.3 Å². The molecule has 0 amide bonds. The van der Waals surface area contributed by atoms with Crippen LogP contribution >= 0.6 is 11.6 Å². The number of rotatable bonds is 9. The predicted molar refractivity (Wildman–Crippen MR) is 124 cm³/mol. The molecule has 0 radical (unpaired) electrons. The van der Waals surface area contributed by atoms with E-state index in [9.17, 15) is 4.79 Å². The molecule has 6 nitrogen and oxygen atoms in total. The third-order valence-corrected chi connectivity index (χ3v) is 5.25. The standard InChI is InChI=1S/C25H21ClN2O4/c26-23-9-5-4-8-19(23)16-31-21-10-11-24-22(12-21)20(13-27-32-17-25(29)30)15-28(24)14-18-6-2-1-3-7-18/h1-13,15H,14,16-17H2,(H,29,30). The van der Waals surface area contributed by atoms with E-state index in [0.717, 1.165) is 27.6 Å². The molecule has 0 aliphatic heterocycles. The lowest BCUT2D eigenvalue weighted by molar-refractivity contribution is -0.142. The molecule has 1 aromatic heterocycles. The molecule has 32 heavy (non-hydrogen) atoms. The summed E-state index contributed by atoms with van der Waals surface area (Å²) in [6.45, 7) is 0.535. The van der Waals surface area contributed by atoms with Crippen LogP contribution in [0.5, 0.6) is 5.75 Å². The number of hydrogen-bond donors (Lipinski definition) is 1. The van der Waals surface area contributed by atoms with Crippen molar-refractivity contribution in [2.75, 3.05) is 6.61 Å². The van der Waals surface area contributed by atoms with Crippen molar-refractivity contribution in [3.63, 3.8) is 0 Å². The van der Waals surface area contributed by atoms with Crippen LogP contribution in [0.15, 0.2) is 84.1 Å². The van der Waals surface area contributed by atoms with E-state index in [4.69, 9.17) is 26.3 Å². The Kier molecular flexibility index (Phi) is 6.72. The zero-order chi connectivity index (χ0) is 22.3. The molecule has 4 rings (SSSR count). The molecule has 7 heteroatoms. The fourth-order valence-corrected chi connectivity index (χ4v) is 3.56. The maximum Gasteiger partial charge on any atom is 0.344 e. The predicted octanol–water partition coefficient (Wildman–Crippen LogP) is 5.36. The lowest BCUT2D eigenvalue weighted by Crippen LogP contribution is -2.03. The van der Waals surface area contributed by atoms with E-state index in [-0.39, 0.29) is 0 Å². The van der Waals surface area contributed by atoms with Gasteiger partial charge >= 0.3 is 5.97 Å². The van der Waals surface area contributed by atoms with E-state index in [1.165, 1.54) is 6.21 Å². The molecule has 1 N–H and O–H groups in total. The summed E-state index contributed by atoms with van der Waals surface area (Å²) in [4.78, 5) is 15.5. The maximum atomic E-state index is 10.7. The maximum absolute atomic E-state index is 10.7. The second kappa shape index (κ2) is 10.0. The molecule has 0 unspecified atom stereocenters. The topological polar surface area (TPSA) is 73.0 Å². The van der Waals surface area contributed by atoms with Crippen molar-refractivity contribution in [3.8, 4) is 5.75 Å². The minimum atomic E-state index is -1.08. The Balaban J connectivity index is 1.62. The first-order valence-electron chi connectivity index (χ1n) is 10.0. The minimum Gasteiger partial charge on any atom is -0.489 e. The number of ether oxygens (including phenoxy) is 1.